The summed E-state index contributed by atoms with van der Waals surface area (Å²) < 4.78 is 14.7. The molecule has 6 nitrogen and oxygen atoms in total. The lowest BCUT2D eigenvalue weighted by Gasteiger charge is -2.36. The van der Waals surface area contributed by atoms with Gasteiger partial charge in [0, 0.05) is 38.2 Å². The van der Waals surface area contributed by atoms with Crippen molar-refractivity contribution in [2.24, 2.45) is 17.8 Å². The summed E-state index contributed by atoms with van der Waals surface area (Å²) in [4.78, 5) is 24.9. The highest BCUT2D eigenvalue weighted by atomic mass is 19.1. The van der Waals surface area contributed by atoms with Gasteiger partial charge in [-0.2, -0.15) is 4.98 Å². The maximum atomic E-state index is 14.7. The second-order valence-electron chi connectivity index (χ2n) is 8.76. The first kappa shape index (κ1) is 17.2. The zero-order valence-corrected chi connectivity index (χ0v) is 15.8. The van der Waals surface area contributed by atoms with Crippen LogP contribution in [0.2, 0.25) is 0 Å². The fourth-order valence-corrected chi connectivity index (χ4v) is 5.25. The Morgan fingerprint density at radius 2 is 1.96 bits per heavy atom. The Kier molecular flexibility index (Phi) is 4.02. The number of halogens is 1. The van der Waals surface area contributed by atoms with Gasteiger partial charge in [0.2, 0.25) is 5.95 Å². The van der Waals surface area contributed by atoms with Crippen LogP contribution in [0.4, 0.5) is 16.2 Å². The van der Waals surface area contributed by atoms with Crippen molar-refractivity contribution in [2.75, 3.05) is 29.9 Å². The van der Waals surface area contributed by atoms with E-state index in [1.807, 2.05) is 7.05 Å². The van der Waals surface area contributed by atoms with Crippen LogP contribution in [0.3, 0.4) is 0 Å². The molecule has 2 heterocycles. The third-order valence-corrected chi connectivity index (χ3v) is 7.21. The van der Waals surface area contributed by atoms with E-state index < -0.39 is 12.1 Å². The molecular weight excluding hydrogens is 347 g/mol. The molecule has 27 heavy (non-hydrogen) atoms. The molecule has 2 saturated carbocycles. The molecule has 3 atom stereocenters. The number of carboxylic acids is 1. The molecule has 146 valence electrons. The van der Waals surface area contributed by atoms with E-state index in [1.54, 1.807) is 0 Å². The van der Waals surface area contributed by atoms with Gasteiger partial charge in [-0.25, -0.2) is 9.37 Å². The summed E-state index contributed by atoms with van der Waals surface area (Å²) in [7, 11) is 2.02. The number of anilines is 2. The second kappa shape index (κ2) is 6.31. The zero-order valence-electron chi connectivity index (χ0n) is 15.8. The molecule has 3 fully saturated rings. The lowest BCUT2D eigenvalue weighted by atomic mass is 9.92. The molecule has 3 aliphatic carbocycles. The molecule has 4 aliphatic rings. The number of aromatic nitrogens is 2. The van der Waals surface area contributed by atoms with Crippen molar-refractivity contribution in [3.63, 3.8) is 0 Å². The minimum atomic E-state index is -0.999. The lowest BCUT2D eigenvalue weighted by molar-refractivity contribution is -0.137. The Hall–Kier alpha value is -1.92. The van der Waals surface area contributed by atoms with Gasteiger partial charge in [0.15, 0.2) is 0 Å². The number of carbonyl (C=O) groups is 1. The summed E-state index contributed by atoms with van der Waals surface area (Å²) >= 11 is 0. The summed E-state index contributed by atoms with van der Waals surface area (Å²) in [6.45, 7) is 1.69. The minimum Gasteiger partial charge on any atom is -0.481 e. The van der Waals surface area contributed by atoms with Gasteiger partial charge in [-0.05, 0) is 56.3 Å². The summed E-state index contributed by atoms with van der Waals surface area (Å²) in [5, 5.41) is 9.05. The largest absolute Gasteiger partial charge is 0.481 e. The van der Waals surface area contributed by atoms with Gasteiger partial charge < -0.3 is 14.9 Å². The van der Waals surface area contributed by atoms with Crippen molar-refractivity contribution in [1.82, 2.24) is 9.97 Å². The molecular formula is C20H27FN4O2. The second-order valence-corrected chi connectivity index (χ2v) is 8.76. The highest BCUT2D eigenvalue weighted by Crippen LogP contribution is 2.55. The molecule has 1 aliphatic heterocycles. The molecule has 1 N–H and O–H groups in total. The fraction of sp³-hybridized carbons (Fsp3) is 0.750. The Balaban J connectivity index is 1.43. The SMILES string of the molecule is CN(c1nc2c(c(N3CC4C(CC(=O)O)C4C3)n1)CCCC2F)C1CCC1. The number of fused-ring (bicyclic) bond motifs is 2. The number of hydrogen-bond donors (Lipinski definition) is 1. The standard InChI is InChI=1S/C20H27FN4O2/c1-24(11-4-2-5-11)20-22-18-12(6-3-7-16(18)21)19(23-20)25-9-14-13(8-17(26)27)15(14)10-25/h11,13-16H,2-10H2,1H3,(H,26,27). The Labute approximate surface area is 158 Å². The van der Waals surface area contributed by atoms with Crippen molar-refractivity contribution in [3.8, 4) is 0 Å². The first-order chi connectivity index (χ1) is 13.0. The summed E-state index contributed by atoms with van der Waals surface area (Å²) in [5.41, 5.74) is 1.57. The van der Waals surface area contributed by atoms with E-state index in [9.17, 15) is 9.18 Å². The van der Waals surface area contributed by atoms with Crippen molar-refractivity contribution in [3.05, 3.63) is 11.3 Å². The summed E-state index contributed by atoms with van der Waals surface area (Å²) in [6.07, 6.45) is 5.02. The van der Waals surface area contributed by atoms with Crippen molar-refractivity contribution in [1.29, 1.82) is 0 Å². The van der Waals surface area contributed by atoms with Crippen LogP contribution in [0.5, 0.6) is 0 Å². The molecule has 7 heteroatoms. The molecule has 0 aromatic carbocycles. The number of piperidine rings is 1. The van der Waals surface area contributed by atoms with Crippen LogP contribution in [0.1, 0.15) is 56.0 Å². The fourth-order valence-electron chi connectivity index (χ4n) is 5.25. The van der Waals surface area contributed by atoms with Crippen LogP contribution in [-0.2, 0) is 11.2 Å². The van der Waals surface area contributed by atoms with Crippen molar-refractivity contribution < 1.29 is 14.3 Å². The predicted molar refractivity (Wildman–Crippen MR) is 99.8 cm³/mol. The van der Waals surface area contributed by atoms with Gasteiger partial charge in [-0.3, -0.25) is 4.79 Å². The number of alkyl halides is 1. The van der Waals surface area contributed by atoms with E-state index in [0.717, 1.165) is 50.2 Å². The van der Waals surface area contributed by atoms with Crippen molar-refractivity contribution in [2.45, 2.75) is 57.2 Å². The molecule has 1 aromatic heterocycles. The molecule has 0 bridgehead atoms. The van der Waals surface area contributed by atoms with Gasteiger partial charge in [0.1, 0.15) is 12.0 Å². The van der Waals surface area contributed by atoms with E-state index >= 15 is 0 Å². The quantitative estimate of drug-likeness (QED) is 0.855. The van der Waals surface area contributed by atoms with Crippen LogP contribution in [0.15, 0.2) is 0 Å². The number of aliphatic carboxylic acids is 1. The van der Waals surface area contributed by atoms with E-state index in [0.29, 0.717) is 41.9 Å². The maximum absolute atomic E-state index is 14.7. The Morgan fingerprint density at radius 1 is 1.22 bits per heavy atom. The minimum absolute atomic E-state index is 0.271. The average molecular weight is 374 g/mol. The Morgan fingerprint density at radius 3 is 2.59 bits per heavy atom. The first-order valence-corrected chi connectivity index (χ1v) is 10.3. The zero-order chi connectivity index (χ0) is 18.7. The number of hydrogen-bond acceptors (Lipinski definition) is 5. The normalized spacial score (nSPS) is 31.9. The van der Waals surface area contributed by atoms with E-state index in [-0.39, 0.29) is 6.42 Å². The monoisotopic (exact) mass is 374 g/mol. The highest BCUT2D eigenvalue weighted by molar-refractivity contribution is 5.68. The molecule has 1 saturated heterocycles. The van der Waals surface area contributed by atoms with E-state index in [1.165, 1.54) is 6.42 Å². The number of nitrogens with zero attached hydrogens (tertiary/aromatic N) is 4. The third-order valence-electron chi connectivity index (χ3n) is 7.21. The van der Waals surface area contributed by atoms with Crippen LogP contribution in [-0.4, -0.2) is 47.2 Å². The van der Waals surface area contributed by atoms with Crippen LogP contribution >= 0.6 is 0 Å². The van der Waals surface area contributed by atoms with Gasteiger partial charge >= 0.3 is 5.97 Å². The first-order valence-electron chi connectivity index (χ1n) is 10.3. The number of carboxylic acid groups (broad SMARTS) is 1. The Bertz CT molecular complexity index is 757. The summed E-state index contributed by atoms with van der Waals surface area (Å²) in [5.74, 6) is 2.06. The maximum Gasteiger partial charge on any atom is 0.303 e. The van der Waals surface area contributed by atoms with Crippen LogP contribution in [0.25, 0.3) is 0 Å². The van der Waals surface area contributed by atoms with Gasteiger partial charge in [0.25, 0.3) is 0 Å². The average Bonchev–Trinajstić information content (AvgIpc) is 3.02. The molecule has 0 amide bonds. The van der Waals surface area contributed by atoms with E-state index in [2.05, 4.69) is 14.8 Å². The lowest BCUT2D eigenvalue weighted by Crippen LogP contribution is -2.39. The van der Waals surface area contributed by atoms with E-state index in [4.69, 9.17) is 10.1 Å². The molecule has 5 rings (SSSR count). The highest BCUT2D eigenvalue weighted by Gasteiger charge is 2.56. The molecule has 0 radical (unpaired) electrons. The van der Waals surface area contributed by atoms with Gasteiger partial charge in [-0.15, -0.1) is 0 Å². The van der Waals surface area contributed by atoms with Crippen molar-refractivity contribution >= 4 is 17.7 Å². The van der Waals surface area contributed by atoms with Gasteiger partial charge in [-0.1, -0.05) is 0 Å². The molecule has 0 spiro atoms. The van der Waals surface area contributed by atoms with Gasteiger partial charge in [0.05, 0.1) is 5.69 Å². The molecule has 1 aromatic rings. The third kappa shape index (κ3) is 2.86. The topological polar surface area (TPSA) is 69.6 Å². The number of rotatable bonds is 5. The molecule has 3 unspecified atom stereocenters. The van der Waals surface area contributed by atoms with Crippen LogP contribution in [0, 0.1) is 17.8 Å². The summed E-state index contributed by atoms with van der Waals surface area (Å²) in [6, 6.07) is 0.462. The van der Waals surface area contributed by atoms with Crippen LogP contribution < -0.4 is 9.80 Å². The smallest absolute Gasteiger partial charge is 0.303 e. The predicted octanol–water partition coefficient (Wildman–Crippen LogP) is 2.97.